The lowest BCUT2D eigenvalue weighted by atomic mass is 9.92. The summed E-state index contributed by atoms with van der Waals surface area (Å²) in [7, 11) is 0. The highest BCUT2D eigenvalue weighted by Crippen LogP contribution is 2.25. The molecule has 100 valence electrons. The Morgan fingerprint density at radius 3 is 2.67 bits per heavy atom. The van der Waals surface area contributed by atoms with E-state index in [4.69, 9.17) is 0 Å². The lowest BCUT2D eigenvalue weighted by Gasteiger charge is -2.47. The summed E-state index contributed by atoms with van der Waals surface area (Å²) in [6.07, 6.45) is 1.12. The summed E-state index contributed by atoms with van der Waals surface area (Å²) in [5, 5.41) is 3.55. The van der Waals surface area contributed by atoms with Gasteiger partial charge >= 0.3 is 0 Å². The van der Waals surface area contributed by atoms with E-state index in [2.05, 4.69) is 31.0 Å². The highest BCUT2D eigenvalue weighted by atomic mass is 19.1. The molecular formula is C15H23FN2. The van der Waals surface area contributed by atoms with Crippen molar-refractivity contribution in [2.45, 2.75) is 45.3 Å². The van der Waals surface area contributed by atoms with Gasteiger partial charge in [-0.05, 0) is 38.0 Å². The molecule has 2 atom stereocenters. The molecule has 1 fully saturated rings. The first-order valence-electron chi connectivity index (χ1n) is 6.76. The third-order valence-corrected chi connectivity index (χ3v) is 4.14. The number of rotatable bonds is 3. The quantitative estimate of drug-likeness (QED) is 0.887. The number of hydrogen-bond acceptors (Lipinski definition) is 2. The van der Waals surface area contributed by atoms with Gasteiger partial charge in [0, 0.05) is 31.2 Å². The molecule has 0 aromatic heterocycles. The fraction of sp³-hybridized carbons (Fsp3) is 0.600. The molecule has 0 amide bonds. The standard InChI is InChI=1S/C15H23FN2/c1-4-15(3)11-17-12(2)9-18(15)10-13-5-7-14(16)8-6-13/h5-8,12,17H,4,9-11H2,1-3H3. The van der Waals surface area contributed by atoms with Crippen molar-refractivity contribution in [3.05, 3.63) is 35.6 Å². The minimum absolute atomic E-state index is 0.161. The Balaban J connectivity index is 2.11. The van der Waals surface area contributed by atoms with Crippen LogP contribution in [0.1, 0.15) is 32.8 Å². The molecule has 1 N–H and O–H groups in total. The lowest BCUT2D eigenvalue weighted by Crippen LogP contribution is -2.61. The molecule has 2 rings (SSSR count). The molecule has 1 aromatic rings. The first kappa shape index (κ1) is 13.5. The minimum atomic E-state index is -0.161. The number of benzene rings is 1. The smallest absolute Gasteiger partial charge is 0.123 e. The Morgan fingerprint density at radius 1 is 1.39 bits per heavy atom. The Labute approximate surface area is 109 Å². The molecule has 1 aliphatic heterocycles. The van der Waals surface area contributed by atoms with E-state index >= 15 is 0 Å². The van der Waals surface area contributed by atoms with Gasteiger partial charge in [0.05, 0.1) is 0 Å². The summed E-state index contributed by atoms with van der Waals surface area (Å²) in [4.78, 5) is 2.52. The van der Waals surface area contributed by atoms with Crippen LogP contribution in [-0.4, -0.2) is 29.6 Å². The molecule has 2 nitrogen and oxygen atoms in total. The fourth-order valence-electron chi connectivity index (χ4n) is 2.54. The molecule has 1 saturated heterocycles. The molecule has 0 bridgehead atoms. The maximum Gasteiger partial charge on any atom is 0.123 e. The fourth-order valence-corrected chi connectivity index (χ4v) is 2.54. The van der Waals surface area contributed by atoms with Gasteiger partial charge in [-0.3, -0.25) is 4.90 Å². The molecule has 2 unspecified atom stereocenters. The Kier molecular flexibility index (Phi) is 4.03. The number of nitrogens with one attached hydrogen (secondary N) is 1. The van der Waals surface area contributed by atoms with Gasteiger partial charge in [0.25, 0.3) is 0 Å². The zero-order valence-electron chi connectivity index (χ0n) is 11.5. The molecule has 0 saturated carbocycles. The third-order valence-electron chi connectivity index (χ3n) is 4.14. The molecule has 1 aromatic carbocycles. The van der Waals surface area contributed by atoms with Crippen LogP contribution in [0.2, 0.25) is 0 Å². The summed E-state index contributed by atoms with van der Waals surface area (Å²) < 4.78 is 12.9. The molecule has 0 radical (unpaired) electrons. The van der Waals surface area contributed by atoms with Crippen LogP contribution < -0.4 is 5.32 Å². The van der Waals surface area contributed by atoms with Crippen molar-refractivity contribution in [2.24, 2.45) is 0 Å². The third kappa shape index (κ3) is 2.90. The van der Waals surface area contributed by atoms with Crippen molar-refractivity contribution in [3.8, 4) is 0 Å². The highest BCUT2D eigenvalue weighted by molar-refractivity contribution is 5.16. The number of halogens is 1. The van der Waals surface area contributed by atoms with Crippen molar-refractivity contribution in [3.63, 3.8) is 0 Å². The van der Waals surface area contributed by atoms with Crippen molar-refractivity contribution < 1.29 is 4.39 Å². The van der Waals surface area contributed by atoms with E-state index in [1.807, 2.05) is 12.1 Å². The van der Waals surface area contributed by atoms with Crippen LogP contribution in [-0.2, 0) is 6.54 Å². The molecular weight excluding hydrogens is 227 g/mol. The topological polar surface area (TPSA) is 15.3 Å². The van der Waals surface area contributed by atoms with Crippen LogP contribution in [0, 0.1) is 5.82 Å². The van der Waals surface area contributed by atoms with E-state index in [-0.39, 0.29) is 11.4 Å². The van der Waals surface area contributed by atoms with Crippen LogP contribution in [0.3, 0.4) is 0 Å². The summed E-state index contributed by atoms with van der Waals surface area (Å²) >= 11 is 0. The average molecular weight is 250 g/mol. The van der Waals surface area contributed by atoms with Gasteiger partial charge in [-0.25, -0.2) is 4.39 Å². The SMILES string of the molecule is CCC1(C)CNC(C)CN1Cc1ccc(F)cc1. The van der Waals surface area contributed by atoms with Gasteiger partial charge in [0.2, 0.25) is 0 Å². The summed E-state index contributed by atoms with van der Waals surface area (Å²) in [6.45, 7) is 9.71. The number of piperazine rings is 1. The van der Waals surface area contributed by atoms with Crippen molar-refractivity contribution >= 4 is 0 Å². The summed E-state index contributed by atoms with van der Waals surface area (Å²) in [5.74, 6) is -0.161. The van der Waals surface area contributed by atoms with E-state index in [0.29, 0.717) is 6.04 Å². The Hall–Kier alpha value is -0.930. The Bertz CT molecular complexity index is 390. The number of nitrogens with zero attached hydrogens (tertiary/aromatic N) is 1. The second-order valence-corrected chi connectivity index (χ2v) is 5.64. The first-order chi connectivity index (χ1) is 8.53. The second-order valence-electron chi connectivity index (χ2n) is 5.64. The van der Waals surface area contributed by atoms with E-state index < -0.39 is 0 Å². The van der Waals surface area contributed by atoms with Crippen molar-refractivity contribution in [1.29, 1.82) is 0 Å². The van der Waals surface area contributed by atoms with Gasteiger partial charge in [-0.15, -0.1) is 0 Å². The average Bonchev–Trinajstić information content (AvgIpc) is 2.37. The molecule has 0 aliphatic carbocycles. The summed E-state index contributed by atoms with van der Waals surface area (Å²) in [6, 6.07) is 7.38. The predicted octanol–water partition coefficient (Wildman–Crippen LogP) is 2.79. The van der Waals surface area contributed by atoms with Gasteiger partial charge in [0.15, 0.2) is 0 Å². The van der Waals surface area contributed by atoms with Gasteiger partial charge in [-0.1, -0.05) is 19.1 Å². The number of hydrogen-bond donors (Lipinski definition) is 1. The first-order valence-corrected chi connectivity index (χ1v) is 6.76. The van der Waals surface area contributed by atoms with Gasteiger partial charge < -0.3 is 5.32 Å². The molecule has 0 spiro atoms. The van der Waals surface area contributed by atoms with E-state index in [1.54, 1.807) is 12.1 Å². The van der Waals surface area contributed by atoms with Gasteiger partial charge in [-0.2, -0.15) is 0 Å². The predicted molar refractivity (Wildman–Crippen MR) is 73.0 cm³/mol. The second kappa shape index (κ2) is 5.37. The van der Waals surface area contributed by atoms with E-state index in [0.717, 1.165) is 26.1 Å². The minimum Gasteiger partial charge on any atom is -0.311 e. The van der Waals surface area contributed by atoms with Crippen LogP contribution in [0.15, 0.2) is 24.3 Å². The van der Waals surface area contributed by atoms with Crippen molar-refractivity contribution in [1.82, 2.24) is 10.2 Å². The van der Waals surface area contributed by atoms with Crippen LogP contribution in [0.4, 0.5) is 4.39 Å². The van der Waals surface area contributed by atoms with E-state index in [1.165, 1.54) is 5.56 Å². The summed E-state index contributed by atoms with van der Waals surface area (Å²) in [5.41, 5.74) is 1.38. The maximum absolute atomic E-state index is 12.9. The van der Waals surface area contributed by atoms with Gasteiger partial charge in [0.1, 0.15) is 5.82 Å². The van der Waals surface area contributed by atoms with Crippen LogP contribution in [0.5, 0.6) is 0 Å². The molecule has 18 heavy (non-hydrogen) atoms. The van der Waals surface area contributed by atoms with Crippen LogP contribution in [0.25, 0.3) is 0 Å². The largest absolute Gasteiger partial charge is 0.311 e. The van der Waals surface area contributed by atoms with Crippen LogP contribution >= 0.6 is 0 Å². The lowest BCUT2D eigenvalue weighted by molar-refractivity contribution is 0.0453. The van der Waals surface area contributed by atoms with Crippen molar-refractivity contribution in [2.75, 3.05) is 13.1 Å². The zero-order valence-corrected chi connectivity index (χ0v) is 11.5. The molecule has 1 aliphatic rings. The van der Waals surface area contributed by atoms with E-state index in [9.17, 15) is 4.39 Å². The highest BCUT2D eigenvalue weighted by Gasteiger charge is 2.34. The molecule has 1 heterocycles. The zero-order chi connectivity index (χ0) is 13.2. The normalized spacial score (nSPS) is 29.4. The maximum atomic E-state index is 12.9. The monoisotopic (exact) mass is 250 g/mol. The molecule has 3 heteroatoms. The Morgan fingerprint density at radius 2 is 2.06 bits per heavy atom.